The number of carboxylic acid groups (broad SMARTS) is 1. The number of carboxylic acids is 1. The standard InChI is InChI=1S/C40H60O11/c1-21(2)11-10-12-26(36(45)46)34-28-19-29(44)35-38(7)17-16-30(50-33-14-13-31(47-23(4)41)37(51-33)49-25(6)43)22(3)27(38)15-18-39(35,8)40(28,9)20-32(34)48-24(5)42/h13-14,21-22,27-33,35,37,44H,10-12,15-20H2,1-9H3,(H,45,46)/b34-26-/t22-,27?,28-,29?,30+,31-,32-,33-,35?,37-,38-,39-,40-/m0/s1. The Hall–Kier alpha value is -2.76. The second kappa shape index (κ2) is 14.9. The van der Waals surface area contributed by atoms with E-state index >= 15 is 0 Å². The fourth-order valence-corrected chi connectivity index (χ4v) is 11.5. The highest BCUT2D eigenvalue weighted by Crippen LogP contribution is 2.74. The Morgan fingerprint density at radius 1 is 0.941 bits per heavy atom. The molecule has 11 nitrogen and oxygen atoms in total. The Morgan fingerprint density at radius 2 is 1.61 bits per heavy atom. The first kappa shape index (κ1) is 39.4. The van der Waals surface area contributed by atoms with Gasteiger partial charge in [-0.25, -0.2) is 4.79 Å². The second-order valence-corrected chi connectivity index (χ2v) is 17.2. The molecule has 0 saturated heterocycles. The van der Waals surface area contributed by atoms with Crippen LogP contribution in [0.3, 0.4) is 0 Å². The van der Waals surface area contributed by atoms with Crippen LogP contribution >= 0.6 is 0 Å². The van der Waals surface area contributed by atoms with Crippen molar-refractivity contribution in [3.05, 3.63) is 23.3 Å². The molecule has 0 amide bonds. The molecule has 5 rings (SSSR count). The first-order valence-electron chi connectivity index (χ1n) is 19.0. The van der Waals surface area contributed by atoms with Gasteiger partial charge in [-0.05, 0) is 115 Å². The van der Waals surface area contributed by atoms with Gasteiger partial charge in [-0.3, -0.25) is 14.4 Å². The molecular formula is C40H60O11. The number of esters is 3. The number of aliphatic hydroxyl groups is 1. The van der Waals surface area contributed by atoms with Gasteiger partial charge in [0.25, 0.3) is 0 Å². The van der Waals surface area contributed by atoms with Gasteiger partial charge < -0.3 is 33.9 Å². The van der Waals surface area contributed by atoms with Crippen LogP contribution in [0, 0.1) is 45.8 Å². The summed E-state index contributed by atoms with van der Waals surface area (Å²) in [5, 5.41) is 22.8. The summed E-state index contributed by atoms with van der Waals surface area (Å²) in [5.41, 5.74) is 0.114. The lowest BCUT2D eigenvalue weighted by molar-refractivity contribution is -0.282. The Kier molecular flexibility index (Phi) is 11.6. The zero-order valence-electron chi connectivity index (χ0n) is 31.9. The third-order valence-corrected chi connectivity index (χ3v) is 13.7. The number of carbonyl (C=O) groups is 4. The Bertz CT molecular complexity index is 1420. The molecule has 11 heteroatoms. The van der Waals surface area contributed by atoms with E-state index in [1.54, 1.807) is 12.2 Å². The van der Waals surface area contributed by atoms with Crippen molar-refractivity contribution >= 4 is 23.9 Å². The van der Waals surface area contributed by atoms with Gasteiger partial charge in [-0.2, -0.15) is 0 Å². The van der Waals surface area contributed by atoms with E-state index in [1.165, 1.54) is 20.8 Å². The SMILES string of the molecule is CC(=O)O[C@H]1O[C@H](O[C@@H]2CC[C@@]3(C)C(CC[C@@]4(C)C3C(O)C[C@H]3/C(=C(\CCCC(C)C)C(=O)O)[C@@H](OC(C)=O)C[C@@]34C)[C@@H]2C)C=C[C@@H]1OC(C)=O. The lowest BCUT2D eigenvalue weighted by Crippen LogP contribution is -2.65. The van der Waals surface area contributed by atoms with Crippen LogP contribution in [0.1, 0.15) is 120 Å². The van der Waals surface area contributed by atoms with Gasteiger partial charge in [-0.15, -0.1) is 0 Å². The average Bonchev–Trinajstić information content (AvgIpc) is 3.28. The monoisotopic (exact) mass is 716 g/mol. The van der Waals surface area contributed by atoms with E-state index in [0.717, 1.165) is 38.5 Å². The van der Waals surface area contributed by atoms with Crippen molar-refractivity contribution in [2.45, 2.75) is 157 Å². The number of hydrogen-bond donors (Lipinski definition) is 2. The van der Waals surface area contributed by atoms with Crippen LogP contribution in [0.25, 0.3) is 0 Å². The molecule has 0 aromatic heterocycles. The van der Waals surface area contributed by atoms with Crippen LogP contribution in [0.15, 0.2) is 23.3 Å². The molecule has 4 saturated carbocycles. The van der Waals surface area contributed by atoms with Gasteiger partial charge in [0.15, 0.2) is 12.4 Å². The van der Waals surface area contributed by atoms with Crippen molar-refractivity contribution in [1.29, 1.82) is 0 Å². The fourth-order valence-electron chi connectivity index (χ4n) is 11.5. The quantitative estimate of drug-likeness (QED) is 0.110. The topological polar surface area (TPSA) is 155 Å². The van der Waals surface area contributed by atoms with E-state index < -0.39 is 54.8 Å². The molecule has 0 aromatic carbocycles. The minimum atomic E-state index is -1.12. The van der Waals surface area contributed by atoms with Gasteiger partial charge >= 0.3 is 23.9 Å². The molecule has 4 aliphatic carbocycles. The van der Waals surface area contributed by atoms with Crippen molar-refractivity contribution in [2.75, 3.05) is 0 Å². The molecule has 0 spiro atoms. The van der Waals surface area contributed by atoms with Gasteiger partial charge in [0.2, 0.25) is 6.29 Å². The fraction of sp³-hybridized carbons (Fsp3) is 0.800. The zero-order chi connectivity index (χ0) is 37.6. The number of fused-ring (bicyclic) bond motifs is 5. The molecule has 13 atom stereocenters. The van der Waals surface area contributed by atoms with Crippen molar-refractivity contribution in [3.8, 4) is 0 Å². The van der Waals surface area contributed by atoms with Crippen molar-refractivity contribution in [3.63, 3.8) is 0 Å². The van der Waals surface area contributed by atoms with E-state index in [2.05, 4.69) is 41.5 Å². The summed E-state index contributed by atoms with van der Waals surface area (Å²) in [5.74, 6) is -1.92. The smallest absolute Gasteiger partial charge is 0.331 e. The van der Waals surface area contributed by atoms with Crippen molar-refractivity contribution < 1.29 is 53.1 Å². The van der Waals surface area contributed by atoms with E-state index in [4.69, 9.17) is 23.7 Å². The van der Waals surface area contributed by atoms with E-state index in [-0.39, 0.29) is 46.0 Å². The molecule has 4 fully saturated rings. The van der Waals surface area contributed by atoms with Crippen LogP contribution in [0.5, 0.6) is 0 Å². The molecule has 0 bridgehead atoms. The van der Waals surface area contributed by atoms with Crippen LogP contribution in [-0.2, 0) is 42.9 Å². The van der Waals surface area contributed by atoms with Gasteiger partial charge in [-0.1, -0.05) is 48.0 Å². The molecule has 286 valence electrons. The number of aliphatic carboxylic acids is 1. The summed E-state index contributed by atoms with van der Waals surface area (Å²) >= 11 is 0. The maximum Gasteiger partial charge on any atom is 0.331 e. The number of rotatable bonds is 10. The van der Waals surface area contributed by atoms with Crippen LogP contribution in [0.2, 0.25) is 0 Å². The van der Waals surface area contributed by atoms with Crippen LogP contribution in [0.4, 0.5) is 0 Å². The van der Waals surface area contributed by atoms with E-state index in [9.17, 15) is 29.4 Å². The molecule has 5 aliphatic rings. The lowest BCUT2D eigenvalue weighted by atomic mass is 9.36. The van der Waals surface area contributed by atoms with Crippen molar-refractivity contribution in [2.24, 2.45) is 45.8 Å². The van der Waals surface area contributed by atoms with Gasteiger partial charge in [0.1, 0.15) is 6.10 Å². The van der Waals surface area contributed by atoms with Gasteiger partial charge in [0, 0.05) is 26.3 Å². The largest absolute Gasteiger partial charge is 0.478 e. The number of hydrogen-bond acceptors (Lipinski definition) is 10. The third-order valence-electron chi connectivity index (χ3n) is 13.7. The molecule has 1 heterocycles. The summed E-state index contributed by atoms with van der Waals surface area (Å²) in [6, 6.07) is 0. The Morgan fingerprint density at radius 3 is 2.22 bits per heavy atom. The minimum absolute atomic E-state index is 0.0522. The summed E-state index contributed by atoms with van der Waals surface area (Å²) in [4.78, 5) is 48.7. The summed E-state index contributed by atoms with van der Waals surface area (Å²) in [6.07, 6.45) is 5.41. The summed E-state index contributed by atoms with van der Waals surface area (Å²) < 4.78 is 29.0. The molecule has 51 heavy (non-hydrogen) atoms. The van der Waals surface area contributed by atoms with E-state index in [1.807, 2.05) is 0 Å². The predicted molar refractivity (Wildman–Crippen MR) is 187 cm³/mol. The average molecular weight is 717 g/mol. The van der Waals surface area contributed by atoms with Crippen LogP contribution in [-0.4, -0.2) is 71.1 Å². The third kappa shape index (κ3) is 7.41. The number of aliphatic hydroxyl groups excluding tert-OH is 1. The first-order chi connectivity index (χ1) is 23.8. The molecule has 0 aromatic rings. The molecule has 3 unspecified atom stereocenters. The number of ether oxygens (including phenoxy) is 5. The van der Waals surface area contributed by atoms with Gasteiger partial charge in [0.05, 0.1) is 12.2 Å². The lowest BCUT2D eigenvalue weighted by Gasteiger charge is -2.69. The molecular weight excluding hydrogens is 656 g/mol. The molecule has 0 radical (unpaired) electrons. The summed E-state index contributed by atoms with van der Waals surface area (Å²) in [7, 11) is 0. The molecule has 2 N–H and O–H groups in total. The van der Waals surface area contributed by atoms with Crippen molar-refractivity contribution in [1.82, 2.24) is 0 Å². The molecule has 1 aliphatic heterocycles. The zero-order valence-corrected chi connectivity index (χ0v) is 31.9. The Labute approximate surface area is 302 Å². The highest BCUT2D eigenvalue weighted by atomic mass is 16.8. The Balaban J connectivity index is 1.41. The van der Waals surface area contributed by atoms with E-state index in [0.29, 0.717) is 36.3 Å². The van der Waals surface area contributed by atoms with Crippen LogP contribution < -0.4 is 0 Å². The number of carbonyl (C=O) groups excluding carboxylic acids is 3. The minimum Gasteiger partial charge on any atom is -0.478 e. The normalized spacial score (nSPS) is 42.6. The summed E-state index contributed by atoms with van der Waals surface area (Å²) in [6.45, 7) is 17.3. The maximum atomic E-state index is 12.9. The predicted octanol–water partition coefficient (Wildman–Crippen LogP) is 6.50. The first-order valence-corrected chi connectivity index (χ1v) is 19.0. The maximum absolute atomic E-state index is 12.9. The highest BCUT2D eigenvalue weighted by molar-refractivity contribution is 5.88. The highest BCUT2D eigenvalue weighted by Gasteiger charge is 2.71. The second-order valence-electron chi connectivity index (χ2n) is 17.2.